The molecule has 5 aliphatic rings. The number of benzene rings is 1. The molecule has 6 rings (SSSR count). The Bertz CT molecular complexity index is 1510. The molecule has 8 heteroatoms. The molecular formula is C39H54O8. The number of rotatable bonds is 5. The minimum absolute atomic E-state index is 0.00818. The second kappa shape index (κ2) is 11.1. The number of carbonyl (C=O) groups excluding carboxylic acids is 1. The summed E-state index contributed by atoms with van der Waals surface area (Å²) in [7, 11) is 0. The normalized spacial score (nSPS) is 43.9. The number of aromatic hydroxyl groups is 2. The van der Waals surface area contributed by atoms with Crippen LogP contribution >= 0.6 is 0 Å². The summed E-state index contributed by atoms with van der Waals surface area (Å²) >= 11 is 0. The predicted octanol–water partition coefficient (Wildman–Crippen LogP) is 6.85. The zero-order valence-electron chi connectivity index (χ0n) is 28.9. The number of carbonyl (C=O) groups is 2. The summed E-state index contributed by atoms with van der Waals surface area (Å²) in [5.41, 5.74) is -0.262. The van der Waals surface area contributed by atoms with E-state index < -0.39 is 35.0 Å². The average molecular weight is 651 g/mol. The van der Waals surface area contributed by atoms with Crippen molar-refractivity contribution in [3.63, 3.8) is 0 Å². The molecule has 8 nitrogen and oxygen atoms in total. The Kier molecular flexibility index (Phi) is 8.03. The van der Waals surface area contributed by atoms with Crippen molar-refractivity contribution >= 4 is 18.0 Å². The fourth-order valence-electron chi connectivity index (χ4n) is 11.9. The van der Waals surface area contributed by atoms with Crippen LogP contribution < -0.4 is 0 Å². The number of aliphatic hydroxyl groups excluding tert-OH is 2. The van der Waals surface area contributed by atoms with E-state index in [0.717, 1.165) is 44.9 Å². The van der Waals surface area contributed by atoms with Crippen LogP contribution in [0.15, 0.2) is 35.9 Å². The van der Waals surface area contributed by atoms with Gasteiger partial charge in [0, 0.05) is 11.5 Å². The highest BCUT2D eigenvalue weighted by molar-refractivity contribution is 5.87. The Morgan fingerprint density at radius 3 is 2.30 bits per heavy atom. The molecular weight excluding hydrogens is 596 g/mol. The van der Waals surface area contributed by atoms with Gasteiger partial charge in [-0.1, -0.05) is 59.3 Å². The zero-order valence-corrected chi connectivity index (χ0v) is 28.9. The maximum Gasteiger partial charge on any atom is 0.331 e. The van der Waals surface area contributed by atoms with Crippen molar-refractivity contribution in [2.75, 3.05) is 6.61 Å². The van der Waals surface area contributed by atoms with Crippen molar-refractivity contribution in [2.24, 2.45) is 50.2 Å². The molecule has 4 fully saturated rings. The molecule has 0 amide bonds. The molecule has 0 saturated heterocycles. The fraction of sp³-hybridized carbons (Fsp3) is 0.692. The van der Waals surface area contributed by atoms with Crippen LogP contribution in [0.5, 0.6) is 11.5 Å². The van der Waals surface area contributed by atoms with Gasteiger partial charge in [0.15, 0.2) is 11.5 Å². The molecule has 1 aromatic rings. The topological polar surface area (TPSA) is 145 Å². The lowest BCUT2D eigenvalue weighted by Crippen LogP contribution is -2.68. The van der Waals surface area contributed by atoms with Gasteiger partial charge in [-0.05, 0) is 121 Å². The first-order valence-corrected chi connectivity index (χ1v) is 17.5. The van der Waals surface area contributed by atoms with E-state index in [1.54, 1.807) is 6.07 Å². The monoisotopic (exact) mass is 650 g/mol. The highest BCUT2D eigenvalue weighted by Crippen LogP contribution is 2.75. The van der Waals surface area contributed by atoms with Crippen LogP contribution in [-0.4, -0.2) is 56.3 Å². The standard InChI is InChI=1S/C39H54O8/c1-34(2)15-17-39(33(45)46)18-16-37(5)24(25(39)20-34)9-11-30-35(3)21-28(43)32(36(4,22-40)29(35)13-14-38(30,37)6)47-31(44)12-8-23-7-10-26(41)27(42)19-23/h7-10,12,19,25,28-30,32,40-43H,11,13-18,20-22H2,1-6H3,(H,45,46)/b12-8-/t25-,28?,29+,30+,32?,35-,36-,37+,38+,39-/m0/s1. The minimum atomic E-state index is -0.978. The maximum absolute atomic E-state index is 13.1. The van der Waals surface area contributed by atoms with Gasteiger partial charge in [0.05, 0.1) is 18.1 Å². The first-order valence-electron chi connectivity index (χ1n) is 17.5. The van der Waals surface area contributed by atoms with Crippen LogP contribution in [0.2, 0.25) is 0 Å². The van der Waals surface area contributed by atoms with E-state index in [0.29, 0.717) is 18.4 Å². The molecule has 0 aliphatic heterocycles. The summed E-state index contributed by atoms with van der Waals surface area (Å²) in [4.78, 5) is 26.0. The average Bonchev–Trinajstić information content (AvgIpc) is 2.99. The Morgan fingerprint density at radius 2 is 1.64 bits per heavy atom. The molecule has 0 heterocycles. The molecule has 5 aliphatic carbocycles. The number of aliphatic carboxylic acids is 1. The van der Waals surface area contributed by atoms with E-state index in [9.17, 15) is 35.1 Å². The highest BCUT2D eigenvalue weighted by Gasteiger charge is 2.71. The molecule has 4 saturated carbocycles. The van der Waals surface area contributed by atoms with Crippen molar-refractivity contribution in [1.29, 1.82) is 0 Å². The van der Waals surface area contributed by atoms with Gasteiger partial charge < -0.3 is 30.3 Å². The molecule has 0 aromatic heterocycles. The van der Waals surface area contributed by atoms with Gasteiger partial charge >= 0.3 is 11.9 Å². The summed E-state index contributed by atoms with van der Waals surface area (Å²) < 4.78 is 5.94. The second-order valence-electron chi connectivity index (χ2n) is 17.6. The Balaban J connectivity index is 1.30. The lowest BCUT2D eigenvalue weighted by molar-refractivity contribution is -0.249. The van der Waals surface area contributed by atoms with Crippen molar-refractivity contribution < 1.29 is 39.9 Å². The number of hydrogen-bond donors (Lipinski definition) is 5. The third-order valence-corrected chi connectivity index (χ3v) is 14.8. The number of phenolic OH excluding ortho intramolecular Hbond substituents is 2. The van der Waals surface area contributed by atoms with E-state index in [2.05, 4.69) is 40.7 Å². The molecule has 1 aromatic carbocycles. The van der Waals surface area contributed by atoms with E-state index in [4.69, 9.17) is 4.74 Å². The van der Waals surface area contributed by atoms with Crippen LogP contribution in [0, 0.1) is 50.2 Å². The third kappa shape index (κ3) is 4.90. The molecule has 258 valence electrons. The molecule has 5 N–H and O–H groups in total. The van der Waals surface area contributed by atoms with Gasteiger partial charge in [0.25, 0.3) is 0 Å². The van der Waals surface area contributed by atoms with Crippen LogP contribution in [0.1, 0.15) is 105 Å². The van der Waals surface area contributed by atoms with Crippen LogP contribution in [0.25, 0.3) is 6.08 Å². The summed E-state index contributed by atoms with van der Waals surface area (Å²) in [6.45, 7) is 13.3. The fourth-order valence-corrected chi connectivity index (χ4v) is 11.9. The van der Waals surface area contributed by atoms with Gasteiger partial charge in [0.1, 0.15) is 6.10 Å². The van der Waals surface area contributed by atoms with E-state index in [1.807, 2.05) is 6.92 Å². The van der Waals surface area contributed by atoms with Gasteiger partial charge in [-0.15, -0.1) is 0 Å². The number of phenols is 2. The first-order chi connectivity index (χ1) is 21.9. The summed E-state index contributed by atoms with van der Waals surface area (Å²) in [6.07, 6.45) is 10.3. The van der Waals surface area contributed by atoms with Gasteiger partial charge in [-0.3, -0.25) is 4.79 Å². The number of allylic oxidation sites excluding steroid dienone is 2. The molecule has 47 heavy (non-hydrogen) atoms. The summed E-state index contributed by atoms with van der Waals surface area (Å²) in [5.74, 6) is -1.63. The number of carboxylic acid groups (broad SMARTS) is 1. The van der Waals surface area contributed by atoms with Gasteiger partial charge in [0.2, 0.25) is 0 Å². The first kappa shape index (κ1) is 34.0. The number of esters is 1. The Morgan fingerprint density at radius 1 is 0.936 bits per heavy atom. The van der Waals surface area contributed by atoms with Crippen molar-refractivity contribution in [2.45, 2.75) is 112 Å². The van der Waals surface area contributed by atoms with Crippen LogP contribution in [0.3, 0.4) is 0 Å². The second-order valence-corrected chi connectivity index (χ2v) is 17.6. The quantitative estimate of drug-likeness (QED) is 0.101. The number of ether oxygens (including phenoxy) is 1. The number of carboxylic acids is 1. The zero-order chi connectivity index (χ0) is 34.4. The lowest BCUT2D eigenvalue weighted by atomic mass is 9.33. The van der Waals surface area contributed by atoms with Gasteiger partial charge in [-0.2, -0.15) is 0 Å². The third-order valence-electron chi connectivity index (χ3n) is 14.8. The van der Waals surface area contributed by atoms with Crippen LogP contribution in [0.4, 0.5) is 0 Å². The Hall–Kier alpha value is -2.84. The summed E-state index contributed by atoms with van der Waals surface area (Å²) in [6, 6.07) is 4.23. The van der Waals surface area contributed by atoms with Crippen molar-refractivity contribution in [3.05, 3.63) is 41.5 Å². The smallest absolute Gasteiger partial charge is 0.331 e. The highest BCUT2D eigenvalue weighted by atomic mass is 16.6. The minimum Gasteiger partial charge on any atom is -0.504 e. The molecule has 0 radical (unpaired) electrons. The lowest BCUT2D eigenvalue weighted by Gasteiger charge is -2.71. The van der Waals surface area contributed by atoms with Crippen LogP contribution in [-0.2, 0) is 14.3 Å². The largest absolute Gasteiger partial charge is 0.504 e. The molecule has 0 spiro atoms. The number of aliphatic hydroxyl groups is 2. The van der Waals surface area contributed by atoms with E-state index in [1.165, 1.54) is 29.9 Å². The summed E-state index contributed by atoms with van der Waals surface area (Å²) in [5, 5.41) is 52.8. The number of fused-ring (bicyclic) bond motifs is 7. The molecule has 0 bridgehead atoms. The van der Waals surface area contributed by atoms with Crippen molar-refractivity contribution in [1.82, 2.24) is 0 Å². The maximum atomic E-state index is 13.1. The molecule has 10 atom stereocenters. The molecule has 2 unspecified atom stereocenters. The van der Waals surface area contributed by atoms with E-state index >= 15 is 0 Å². The SMILES string of the molecule is CC1(C)CC[C@]2(C(=O)O)CC[C@]3(C)C(=CC[C@@H]4[C@@]5(C)CC(O)C(OC(=O)/C=C\c6ccc(O)c(O)c6)[C@@](C)(CO)[C@@H]5CC[C@]43C)[C@@H]2C1. The van der Waals surface area contributed by atoms with Gasteiger partial charge in [-0.25, -0.2) is 4.79 Å². The Labute approximate surface area is 278 Å². The predicted molar refractivity (Wildman–Crippen MR) is 178 cm³/mol. The van der Waals surface area contributed by atoms with Crippen molar-refractivity contribution in [3.8, 4) is 11.5 Å². The van der Waals surface area contributed by atoms with E-state index in [-0.39, 0.29) is 57.5 Å². The number of hydrogen-bond acceptors (Lipinski definition) is 7.